The number of thiophene rings is 1. The van der Waals surface area contributed by atoms with Crippen molar-refractivity contribution >= 4 is 34.8 Å². The molecule has 3 heterocycles. The Labute approximate surface area is 242 Å². The van der Waals surface area contributed by atoms with Crippen molar-refractivity contribution in [2.45, 2.75) is 45.2 Å². The van der Waals surface area contributed by atoms with Crippen molar-refractivity contribution in [3.05, 3.63) is 105 Å². The smallest absolute Gasteiger partial charge is 0.330 e. The second-order valence-electron chi connectivity index (χ2n) is 10.6. The van der Waals surface area contributed by atoms with Crippen LogP contribution < -0.4 is 10.1 Å². The molecule has 4 atom stereocenters. The van der Waals surface area contributed by atoms with Gasteiger partial charge in [-0.3, -0.25) is 9.69 Å². The highest BCUT2D eigenvalue weighted by Gasteiger charge is 2.66. The number of carboxylic acids is 1. The zero-order valence-corrected chi connectivity index (χ0v) is 24.3. The number of ketones is 1. The van der Waals surface area contributed by atoms with Gasteiger partial charge in [-0.25, -0.2) is 9.59 Å². The third-order valence-corrected chi connectivity index (χ3v) is 9.03. The molecule has 212 valence electrons. The first-order valence-corrected chi connectivity index (χ1v) is 14.1. The van der Waals surface area contributed by atoms with Gasteiger partial charge in [-0.15, -0.1) is 11.3 Å². The monoisotopic (exact) mass is 572 g/mol. The number of likely N-dealkylation sites (tertiary alicyclic amines) is 1. The third-order valence-electron chi connectivity index (χ3n) is 7.93. The summed E-state index contributed by atoms with van der Waals surface area (Å²) in [5, 5.41) is 15.7. The van der Waals surface area contributed by atoms with Gasteiger partial charge in [-0.05, 0) is 86.7 Å². The lowest BCUT2D eigenvalue weighted by Gasteiger charge is -2.37. The van der Waals surface area contributed by atoms with Crippen LogP contribution in [0.1, 0.15) is 56.8 Å². The maximum Gasteiger partial charge on any atom is 0.330 e. The molecule has 0 radical (unpaired) electrons. The van der Waals surface area contributed by atoms with Crippen molar-refractivity contribution in [2.75, 3.05) is 12.4 Å². The van der Waals surface area contributed by atoms with Crippen LogP contribution in [0.25, 0.3) is 0 Å². The number of aliphatic carboxylic acids is 1. The molecule has 1 saturated heterocycles. The van der Waals surface area contributed by atoms with Crippen LogP contribution in [0.3, 0.4) is 0 Å². The number of carbonyl (C=O) groups is 3. The second-order valence-corrected chi connectivity index (χ2v) is 11.5. The number of rotatable bonds is 7. The lowest BCUT2D eigenvalue weighted by atomic mass is 9.74. The Kier molecular flexibility index (Phi) is 7.48. The van der Waals surface area contributed by atoms with E-state index in [4.69, 9.17) is 9.15 Å². The maximum atomic E-state index is 14.4. The Morgan fingerprint density at radius 2 is 1.76 bits per heavy atom. The van der Waals surface area contributed by atoms with E-state index in [2.05, 4.69) is 5.32 Å². The molecule has 0 bridgehead atoms. The van der Waals surface area contributed by atoms with Gasteiger partial charge in [0.2, 0.25) is 5.78 Å². The minimum absolute atomic E-state index is 0.134. The number of carboxylic acid groups (broad SMARTS) is 1. The summed E-state index contributed by atoms with van der Waals surface area (Å²) in [5.74, 6) is -2.04. The van der Waals surface area contributed by atoms with Crippen LogP contribution in [0.15, 0.2) is 76.5 Å². The van der Waals surface area contributed by atoms with Gasteiger partial charge >= 0.3 is 12.0 Å². The number of urea groups is 1. The van der Waals surface area contributed by atoms with Crippen molar-refractivity contribution in [2.24, 2.45) is 5.92 Å². The molecular formula is C32H32N2O6S. The summed E-state index contributed by atoms with van der Waals surface area (Å²) in [6, 6.07) is 18.0. The molecule has 8 nitrogen and oxygen atoms in total. The minimum Gasteiger partial charge on any atom is -0.497 e. The van der Waals surface area contributed by atoms with E-state index < -0.39 is 35.4 Å². The third kappa shape index (κ3) is 4.91. The first-order chi connectivity index (χ1) is 19.6. The second kappa shape index (κ2) is 10.9. The number of methoxy groups -OCH3 is 1. The average Bonchev–Trinajstić information content (AvgIpc) is 3.64. The molecule has 2 aromatic carbocycles. The SMILES string of the molecule is COc1ccc(NC(=O)N2C(c3cccc(C)c3)C(C(=O)c3ccc(C)o3)C(c3sccc3C)C2(C)C(=O)O)cc1. The number of Topliss-reactive ketones (excluding diaryl/α,β-unsaturated/α-hetero) is 1. The van der Waals surface area contributed by atoms with E-state index in [1.165, 1.54) is 23.2 Å². The van der Waals surface area contributed by atoms with Gasteiger partial charge in [0.1, 0.15) is 17.0 Å². The van der Waals surface area contributed by atoms with E-state index in [-0.39, 0.29) is 11.5 Å². The largest absolute Gasteiger partial charge is 0.497 e. The van der Waals surface area contributed by atoms with Crippen molar-refractivity contribution in [3.8, 4) is 5.75 Å². The van der Waals surface area contributed by atoms with Crippen LogP contribution in [0.5, 0.6) is 5.75 Å². The molecular weight excluding hydrogens is 540 g/mol. The Bertz CT molecular complexity index is 1610. The van der Waals surface area contributed by atoms with Crippen LogP contribution in [0, 0.1) is 26.7 Å². The highest BCUT2D eigenvalue weighted by atomic mass is 32.1. The fraction of sp³-hybridized carbons (Fsp3) is 0.281. The fourth-order valence-corrected chi connectivity index (χ4v) is 7.12. The molecule has 2 N–H and O–H groups in total. The lowest BCUT2D eigenvalue weighted by molar-refractivity contribution is -0.148. The number of hydrogen-bond donors (Lipinski definition) is 2. The van der Waals surface area contributed by atoms with Crippen molar-refractivity contribution in [1.82, 2.24) is 4.90 Å². The summed E-state index contributed by atoms with van der Waals surface area (Å²) in [6.45, 7) is 7.11. The molecule has 0 spiro atoms. The standard InChI is InChI=1S/C32H32N2O6S/c1-18-7-6-8-21(17-18)27-25(28(35)24-14-9-20(3)40-24)26(29-19(2)15-16-41-29)32(4,30(36)37)34(27)31(38)33-22-10-12-23(39-5)13-11-22/h6-17,25-27H,1-5H3,(H,33,38)(H,36,37). The number of furan rings is 1. The highest BCUT2D eigenvalue weighted by molar-refractivity contribution is 7.10. The van der Waals surface area contributed by atoms with E-state index in [0.29, 0.717) is 22.8 Å². The van der Waals surface area contributed by atoms with Crippen LogP contribution in [-0.4, -0.2) is 40.4 Å². The number of aryl methyl sites for hydroxylation is 3. The molecule has 0 aliphatic carbocycles. The van der Waals surface area contributed by atoms with E-state index in [1.807, 2.05) is 49.6 Å². The topological polar surface area (TPSA) is 109 Å². The molecule has 2 aromatic heterocycles. The van der Waals surface area contributed by atoms with Crippen LogP contribution in [-0.2, 0) is 4.79 Å². The number of hydrogen-bond acceptors (Lipinski definition) is 6. The van der Waals surface area contributed by atoms with Crippen LogP contribution in [0.2, 0.25) is 0 Å². The number of benzene rings is 2. The first kappa shape index (κ1) is 28.2. The molecule has 2 amide bonds. The molecule has 0 saturated carbocycles. The fourth-order valence-electron chi connectivity index (χ4n) is 5.92. The quantitative estimate of drug-likeness (QED) is 0.231. The van der Waals surface area contributed by atoms with Gasteiger partial charge in [0.05, 0.1) is 19.1 Å². The average molecular weight is 573 g/mol. The summed E-state index contributed by atoms with van der Waals surface area (Å²) >= 11 is 1.39. The molecule has 1 fully saturated rings. The minimum atomic E-state index is -1.79. The van der Waals surface area contributed by atoms with Gasteiger partial charge < -0.3 is 19.6 Å². The zero-order chi connectivity index (χ0) is 29.5. The summed E-state index contributed by atoms with van der Waals surface area (Å²) < 4.78 is 11.0. The predicted molar refractivity (Wildman–Crippen MR) is 157 cm³/mol. The van der Waals surface area contributed by atoms with Gasteiger partial charge in [0.25, 0.3) is 0 Å². The molecule has 4 aromatic rings. The number of amides is 2. The highest BCUT2D eigenvalue weighted by Crippen LogP contribution is 2.58. The normalized spacial score (nSPS) is 22.0. The van der Waals surface area contributed by atoms with Crippen molar-refractivity contribution in [1.29, 1.82) is 0 Å². The number of nitrogens with zero attached hydrogens (tertiary/aromatic N) is 1. The zero-order valence-electron chi connectivity index (χ0n) is 23.5. The number of anilines is 1. The Morgan fingerprint density at radius 3 is 2.32 bits per heavy atom. The van der Waals surface area contributed by atoms with Crippen LogP contribution >= 0.6 is 11.3 Å². The molecule has 1 aliphatic heterocycles. The molecule has 5 rings (SSSR count). The van der Waals surface area contributed by atoms with E-state index >= 15 is 0 Å². The van der Waals surface area contributed by atoms with Gasteiger partial charge in [0, 0.05) is 16.5 Å². The van der Waals surface area contributed by atoms with E-state index in [0.717, 1.165) is 16.0 Å². The summed E-state index contributed by atoms with van der Waals surface area (Å²) in [7, 11) is 1.55. The Balaban J connectivity index is 1.74. The molecule has 4 unspecified atom stereocenters. The van der Waals surface area contributed by atoms with Crippen molar-refractivity contribution in [3.63, 3.8) is 0 Å². The number of ether oxygens (including phenoxy) is 1. The molecule has 1 aliphatic rings. The molecule has 9 heteroatoms. The van der Waals surface area contributed by atoms with Gasteiger partial charge in [0.15, 0.2) is 5.76 Å². The van der Waals surface area contributed by atoms with Crippen molar-refractivity contribution < 1.29 is 28.6 Å². The number of nitrogens with one attached hydrogen (secondary N) is 1. The van der Waals surface area contributed by atoms with E-state index in [1.54, 1.807) is 50.4 Å². The van der Waals surface area contributed by atoms with Gasteiger partial charge in [-0.2, -0.15) is 0 Å². The Hall–Kier alpha value is -4.37. The first-order valence-electron chi connectivity index (χ1n) is 13.2. The van der Waals surface area contributed by atoms with Gasteiger partial charge in [-0.1, -0.05) is 29.8 Å². The van der Waals surface area contributed by atoms with Crippen LogP contribution in [0.4, 0.5) is 10.5 Å². The summed E-state index contributed by atoms with van der Waals surface area (Å²) in [5.41, 5.74) is 1.13. The maximum absolute atomic E-state index is 14.4. The summed E-state index contributed by atoms with van der Waals surface area (Å²) in [6.07, 6.45) is 0. The van der Waals surface area contributed by atoms with E-state index in [9.17, 15) is 19.5 Å². The number of carbonyl (C=O) groups excluding carboxylic acids is 2. The lowest BCUT2D eigenvalue weighted by Crippen LogP contribution is -2.55. The summed E-state index contributed by atoms with van der Waals surface area (Å²) in [4.78, 5) is 44.1. The molecule has 41 heavy (non-hydrogen) atoms. The Morgan fingerprint density at radius 1 is 1.02 bits per heavy atom. The predicted octanol–water partition coefficient (Wildman–Crippen LogP) is 6.99.